The number of aromatic hydroxyl groups is 1. The minimum Gasteiger partial charge on any atom is -0.507 e. The van der Waals surface area contributed by atoms with Crippen molar-refractivity contribution in [3.63, 3.8) is 0 Å². The first-order valence-electron chi connectivity index (χ1n) is 9.18. The number of benzene rings is 1. The Kier molecular flexibility index (Phi) is 4.77. The van der Waals surface area contributed by atoms with E-state index in [1.54, 1.807) is 23.0 Å². The highest BCUT2D eigenvalue weighted by Gasteiger charge is 2.25. The second kappa shape index (κ2) is 7.36. The summed E-state index contributed by atoms with van der Waals surface area (Å²) >= 11 is 0. The summed E-state index contributed by atoms with van der Waals surface area (Å²) in [5.74, 6) is 0.643. The van der Waals surface area contributed by atoms with E-state index in [0.717, 1.165) is 18.5 Å². The third-order valence-electron chi connectivity index (χ3n) is 4.76. The second-order valence-corrected chi connectivity index (χ2v) is 7.09. The SMILES string of the molecule is C[C@@H]1CC(Oc2ccc(-c3ccc(-n4cccn4)cc3O)nn2)C[C@@H](C)N1. The summed E-state index contributed by atoms with van der Waals surface area (Å²) < 4.78 is 7.69. The van der Waals surface area contributed by atoms with Gasteiger partial charge in [0.2, 0.25) is 5.88 Å². The molecule has 3 aromatic rings. The molecule has 1 aromatic carbocycles. The first-order chi connectivity index (χ1) is 13.1. The normalized spacial score (nSPS) is 22.5. The van der Waals surface area contributed by atoms with Gasteiger partial charge < -0.3 is 15.2 Å². The predicted octanol–water partition coefficient (Wildman–Crippen LogP) is 2.94. The van der Waals surface area contributed by atoms with Gasteiger partial charge in [-0.3, -0.25) is 0 Å². The summed E-state index contributed by atoms with van der Waals surface area (Å²) in [5, 5.41) is 26.5. The maximum Gasteiger partial charge on any atom is 0.233 e. The Balaban J connectivity index is 1.49. The van der Waals surface area contributed by atoms with Crippen LogP contribution in [0.15, 0.2) is 48.8 Å². The maximum absolute atomic E-state index is 10.4. The first-order valence-corrected chi connectivity index (χ1v) is 9.18. The summed E-state index contributed by atoms with van der Waals surface area (Å²) in [5.41, 5.74) is 2.00. The van der Waals surface area contributed by atoms with Crippen molar-refractivity contribution in [1.29, 1.82) is 0 Å². The first kappa shape index (κ1) is 17.5. The lowest BCUT2D eigenvalue weighted by Gasteiger charge is -2.32. The van der Waals surface area contributed by atoms with Crippen LogP contribution in [-0.4, -0.2) is 43.3 Å². The molecule has 0 saturated carbocycles. The molecule has 1 aliphatic rings. The van der Waals surface area contributed by atoms with Gasteiger partial charge in [0.05, 0.1) is 11.4 Å². The van der Waals surface area contributed by atoms with Gasteiger partial charge >= 0.3 is 0 Å². The molecule has 0 spiro atoms. The van der Waals surface area contributed by atoms with Crippen LogP contribution in [0.3, 0.4) is 0 Å². The van der Waals surface area contributed by atoms with Crippen LogP contribution in [0.2, 0.25) is 0 Å². The molecular weight excluding hydrogens is 342 g/mol. The number of phenolic OH excluding ortho intramolecular Hbond substituents is 1. The van der Waals surface area contributed by atoms with E-state index in [-0.39, 0.29) is 11.9 Å². The Bertz CT molecular complexity index is 885. The fraction of sp³-hybridized carbons (Fsp3) is 0.350. The molecular formula is C20H23N5O2. The molecule has 3 heterocycles. The zero-order valence-corrected chi connectivity index (χ0v) is 15.4. The highest BCUT2D eigenvalue weighted by Crippen LogP contribution is 2.30. The summed E-state index contributed by atoms with van der Waals surface area (Å²) in [6, 6.07) is 11.7. The summed E-state index contributed by atoms with van der Waals surface area (Å²) in [4.78, 5) is 0. The van der Waals surface area contributed by atoms with Crippen LogP contribution in [0.1, 0.15) is 26.7 Å². The monoisotopic (exact) mass is 365 g/mol. The highest BCUT2D eigenvalue weighted by molar-refractivity contribution is 5.68. The van der Waals surface area contributed by atoms with E-state index in [4.69, 9.17) is 4.74 Å². The second-order valence-electron chi connectivity index (χ2n) is 7.09. The molecule has 7 heteroatoms. The fourth-order valence-electron chi connectivity index (χ4n) is 3.60. The molecule has 1 fully saturated rings. The Morgan fingerprint density at radius 3 is 2.56 bits per heavy atom. The maximum atomic E-state index is 10.4. The third-order valence-corrected chi connectivity index (χ3v) is 4.76. The summed E-state index contributed by atoms with van der Waals surface area (Å²) in [6.07, 6.45) is 5.55. The van der Waals surface area contributed by atoms with Crippen LogP contribution in [0, 0.1) is 0 Å². The zero-order chi connectivity index (χ0) is 18.8. The Morgan fingerprint density at radius 1 is 1.11 bits per heavy atom. The predicted molar refractivity (Wildman–Crippen MR) is 102 cm³/mol. The number of hydrogen-bond acceptors (Lipinski definition) is 6. The van der Waals surface area contributed by atoms with E-state index in [1.807, 2.05) is 30.5 Å². The van der Waals surface area contributed by atoms with Gasteiger partial charge in [-0.15, -0.1) is 10.2 Å². The number of hydrogen-bond donors (Lipinski definition) is 2. The van der Waals surface area contributed by atoms with Crippen LogP contribution >= 0.6 is 0 Å². The lowest BCUT2D eigenvalue weighted by Crippen LogP contribution is -2.46. The molecule has 4 rings (SSSR count). The Hall–Kier alpha value is -2.93. The average Bonchev–Trinajstić information content (AvgIpc) is 3.16. The highest BCUT2D eigenvalue weighted by atomic mass is 16.5. The van der Waals surface area contributed by atoms with Gasteiger partial charge in [-0.1, -0.05) is 0 Å². The minimum atomic E-state index is 0.131. The van der Waals surface area contributed by atoms with Crippen LogP contribution in [0.5, 0.6) is 11.6 Å². The molecule has 2 atom stereocenters. The van der Waals surface area contributed by atoms with Crippen molar-refractivity contribution in [2.24, 2.45) is 0 Å². The number of ether oxygens (including phenoxy) is 1. The molecule has 0 bridgehead atoms. The number of piperidine rings is 1. The Morgan fingerprint density at radius 2 is 1.93 bits per heavy atom. The molecule has 140 valence electrons. The van der Waals surface area contributed by atoms with Gasteiger partial charge in [0.1, 0.15) is 11.9 Å². The van der Waals surface area contributed by atoms with E-state index in [2.05, 4.69) is 34.5 Å². The smallest absolute Gasteiger partial charge is 0.233 e. The molecule has 27 heavy (non-hydrogen) atoms. The van der Waals surface area contributed by atoms with E-state index < -0.39 is 0 Å². The van der Waals surface area contributed by atoms with Gasteiger partial charge in [-0.2, -0.15) is 5.10 Å². The van der Waals surface area contributed by atoms with E-state index in [9.17, 15) is 5.11 Å². The molecule has 2 N–H and O–H groups in total. The van der Waals surface area contributed by atoms with E-state index in [1.165, 1.54) is 0 Å². The number of phenols is 1. The minimum absolute atomic E-state index is 0.131. The van der Waals surface area contributed by atoms with Gasteiger partial charge in [-0.05, 0) is 51.0 Å². The van der Waals surface area contributed by atoms with Crippen molar-refractivity contribution in [1.82, 2.24) is 25.3 Å². The third kappa shape index (κ3) is 3.93. The van der Waals surface area contributed by atoms with Crippen molar-refractivity contribution < 1.29 is 9.84 Å². The van der Waals surface area contributed by atoms with Gasteiger partial charge in [0.25, 0.3) is 0 Å². The van der Waals surface area contributed by atoms with Crippen LogP contribution in [0.4, 0.5) is 0 Å². The molecule has 7 nitrogen and oxygen atoms in total. The van der Waals surface area contributed by atoms with E-state index in [0.29, 0.717) is 29.2 Å². The molecule has 0 amide bonds. The average molecular weight is 365 g/mol. The fourth-order valence-corrected chi connectivity index (χ4v) is 3.60. The zero-order valence-electron chi connectivity index (χ0n) is 15.4. The molecule has 0 aliphatic carbocycles. The van der Waals surface area contributed by atoms with Crippen LogP contribution in [0.25, 0.3) is 16.9 Å². The number of nitrogens with one attached hydrogen (secondary N) is 1. The Labute approximate surface area is 158 Å². The van der Waals surface area contributed by atoms with Crippen LogP contribution in [-0.2, 0) is 0 Å². The van der Waals surface area contributed by atoms with Crippen molar-refractivity contribution in [3.05, 3.63) is 48.8 Å². The van der Waals surface area contributed by atoms with Gasteiger partial charge in [0.15, 0.2) is 0 Å². The van der Waals surface area contributed by atoms with Gasteiger partial charge in [0, 0.05) is 42.2 Å². The molecule has 0 unspecified atom stereocenters. The van der Waals surface area contributed by atoms with Crippen LogP contribution < -0.4 is 10.1 Å². The number of aromatic nitrogens is 4. The van der Waals surface area contributed by atoms with Crippen molar-refractivity contribution in [3.8, 4) is 28.6 Å². The van der Waals surface area contributed by atoms with E-state index >= 15 is 0 Å². The molecule has 1 aliphatic heterocycles. The summed E-state index contributed by atoms with van der Waals surface area (Å²) in [7, 11) is 0. The number of rotatable bonds is 4. The molecule has 1 saturated heterocycles. The van der Waals surface area contributed by atoms with Crippen molar-refractivity contribution in [2.45, 2.75) is 44.9 Å². The molecule has 2 aromatic heterocycles. The standard InChI is InChI=1S/C20H23N5O2/c1-13-10-16(11-14(2)22-13)27-20-7-6-18(23-24-20)17-5-4-15(12-19(17)26)25-9-3-8-21-25/h3-9,12-14,16,22,26H,10-11H2,1-2H3/t13-,14-/m1/s1. The number of nitrogens with zero attached hydrogens (tertiary/aromatic N) is 4. The topological polar surface area (TPSA) is 85.1 Å². The lowest BCUT2D eigenvalue weighted by atomic mass is 9.98. The molecule has 0 radical (unpaired) electrons. The quantitative estimate of drug-likeness (QED) is 0.739. The van der Waals surface area contributed by atoms with Crippen molar-refractivity contribution >= 4 is 0 Å². The van der Waals surface area contributed by atoms with Crippen molar-refractivity contribution in [2.75, 3.05) is 0 Å². The lowest BCUT2D eigenvalue weighted by molar-refractivity contribution is 0.117. The van der Waals surface area contributed by atoms with Gasteiger partial charge in [-0.25, -0.2) is 4.68 Å². The largest absolute Gasteiger partial charge is 0.507 e. The summed E-state index contributed by atoms with van der Waals surface area (Å²) in [6.45, 7) is 4.33.